The van der Waals surface area contributed by atoms with Crippen molar-refractivity contribution in [3.8, 4) is 5.75 Å². The fourth-order valence-electron chi connectivity index (χ4n) is 3.20. The van der Waals surface area contributed by atoms with E-state index in [-0.39, 0.29) is 13.2 Å². The van der Waals surface area contributed by atoms with Gasteiger partial charge in [0.2, 0.25) is 0 Å². The molecule has 1 aromatic heterocycles. The van der Waals surface area contributed by atoms with Crippen molar-refractivity contribution in [2.75, 3.05) is 6.61 Å². The maximum Gasteiger partial charge on any atom is 0.152 e. The molecule has 26 heavy (non-hydrogen) atoms. The largest absolute Gasteiger partial charge is 0.490 e. The van der Waals surface area contributed by atoms with Gasteiger partial charge in [-0.25, -0.2) is 4.39 Å². The SMILES string of the molecule is FC(COc1ccccc1)Cn1c2ccc(Br)cc2c2cc(Br)ccc21. The molecule has 2 nitrogen and oxygen atoms in total. The van der Waals surface area contributed by atoms with Gasteiger partial charge in [-0.2, -0.15) is 0 Å². The molecular formula is C21H16Br2FNO. The molecule has 0 spiro atoms. The molecule has 0 fully saturated rings. The number of para-hydroxylation sites is 1. The van der Waals surface area contributed by atoms with Crippen LogP contribution in [0.1, 0.15) is 0 Å². The van der Waals surface area contributed by atoms with E-state index >= 15 is 0 Å². The minimum absolute atomic E-state index is 0.0260. The molecule has 0 amide bonds. The van der Waals surface area contributed by atoms with Gasteiger partial charge in [-0.05, 0) is 48.5 Å². The Morgan fingerprint density at radius 3 is 2.00 bits per heavy atom. The van der Waals surface area contributed by atoms with Gasteiger partial charge >= 0.3 is 0 Å². The first-order valence-electron chi connectivity index (χ1n) is 8.31. The molecule has 1 heterocycles. The number of hydrogen-bond acceptors (Lipinski definition) is 1. The Bertz CT molecular complexity index is 1000. The van der Waals surface area contributed by atoms with E-state index in [0.717, 1.165) is 30.8 Å². The molecule has 1 atom stereocenters. The zero-order chi connectivity index (χ0) is 18.1. The van der Waals surface area contributed by atoms with Crippen molar-refractivity contribution in [3.63, 3.8) is 0 Å². The highest BCUT2D eigenvalue weighted by Crippen LogP contribution is 2.33. The number of fused-ring (bicyclic) bond motifs is 3. The van der Waals surface area contributed by atoms with Gasteiger partial charge in [-0.1, -0.05) is 50.1 Å². The Kier molecular flexibility index (Phi) is 5.00. The van der Waals surface area contributed by atoms with Crippen LogP contribution in [0.15, 0.2) is 75.7 Å². The lowest BCUT2D eigenvalue weighted by molar-refractivity contribution is 0.181. The highest BCUT2D eigenvalue weighted by Gasteiger charge is 2.16. The zero-order valence-corrected chi connectivity index (χ0v) is 17.0. The van der Waals surface area contributed by atoms with Gasteiger partial charge < -0.3 is 9.30 Å². The quantitative estimate of drug-likeness (QED) is 0.311. The highest BCUT2D eigenvalue weighted by molar-refractivity contribution is 9.10. The second-order valence-corrected chi connectivity index (χ2v) is 7.99. The first-order valence-corrected chi connectivity index (χ1v) is 9.89. The summed E-state index contributed by atoms with van der Waals surface area (Å²) < 4.78 is 24.3. The Hall–Kier alpha value is -1.85. The number of ether oxygens (including phenoxy) is 1. The number of rotatable bonds is 5. The van der Waals surface area contributed by atoms with Gasteiger partial charge in [0, 0.05) is 30.8 Å². The van der Waals surface area contributed by atoms with Crippen molar-refractivity contribution in [1.29, 1.82) is 0 Å². The molecule has 0 aliphatic carbocycles. The van der Waals surface area contributed by atoms with E-state index in [0.29, 0.717) is 5.75 Å². The molecule has 0 N–H and O–H groups in total. The van der Waals surface area contributed by atoms with Crippen LogP contribution < -0.4 is 4.74 Å². The Morgan fingerprint density at radius 2 is 1.42 bits per heavy atom. The lowest BCUT2D eigenvalue weighted by Crippen LogP contribution is -2.19. The topological polar surface area (TPSA) is 14.2 Å². The average Bonchev–Trinajstić information content (AvgIpc) is 2.93. The van der Waals surface area contributed by atoms with E-state index in [1.54, 1.807) is 0 Å². The van der Waals surface area contributed by atoms with Gasteiger partial charge in [-0.3, -0.25) is 0 Å². The molecule has 4 aromatic rings. The molecule has 0 aliphatic heterocycles. The third-order valence-electron chi connectivity index (χ3n) is 4.34. The van der Waals surface area contributed by atoms with Gasteiger partial charge in [0.25, 0.3) is 0 Å². The molecule has 5 heteroatoms. The van der Waals surface area contributed by atoms with E-state index in [2.05, 4.69) is 44.0 Å². The summed E-state index contributed by atoms with van der Waals surface area (Å²) in [5, 5.41) is 2.21. The summed E-state index contributed by atoms with van der Waals surface area (Å²) in [6.07, 6.45) is -1.11. The first-order chi connectivity index (χ1) is 12.6. The third kappa shape index (κ3) is 3.51. The van der Waals surface area contributed by atoms with E-state index in [1.165, 1.54) is 0 Å². The van der Waals surface area contributed by atoms with Crippen molar-refractivity contribution in [3.05, 3.63) is 75.7 Å². The summed E-state index contributed by atoms with van der Waals surface area (Å²) in [6.45, 7) is 0.272. The van der Waals surface area contributed by atoms with E-state index < -0.39 is 6.17 Å². The van der Waals surface area contributed by atoms with E-state index in [9.17, 15) is 4.39 Å². The van der Waals surface area contributed by atoms with Gasteiger partial charge in [-0.15, -0.1) is 0 Å². The number of benzene rings is 3. The number of halogens is 3. The number of nitrogens with zero attached hydrogens (tertiary/aromatic N) is 1. The first kappa shape index (κ1) is 17.6. The monoisotopic (exact) mass is 475 g/mol. The van der Waals surface area contributed by atoms with Crippen molar-refractivity contribution >= 4 is 53.7 Å². The van der Waals surface area contributed by atoms with Crippen LogP contribution in [-0.2, 0) is 6.54 Å². The summed E-state index contributed by atoms with van der Waals surface area (Å²) in [7, 11) is 0. The van der Waals surface area contributed by atoms with Crippen LogP contribution in [-0.4, -0.2) is 17.3 Å². The number of alkyl halides is 1. The summed E-state index contributed by atoms with van der Waals surface area (Å²) in [5.74, 6) is 0.685. The zero-order valence-electron chi connectivity index (χ0n) is 13.8. The van der Waals surface area contributed by atoms with Crippen LogP contribution in [0.2, 0.25) is 0 Å². The second kappa shape index (κ2) is 7.41. The summed E-state index contributed by atoms with van der Waals surface area (Å²) in [6, 6.07) is 21.5. The van der Waals surface area contributed by atoms with Crippen LogP contribution in [0, 0.1) is 0 Å². The van der Waals surface area contributed by atoms with Gasteiger partial charge in [0.05, 0.1) is 6.54 Å². The summed E-state index contributed by atoms with van der Waals surface area (Å²) in [4.78, 5) is 0. The fourth-order valence-corrected chi connectivity index (χ4v) is 3.92. The minimum Gasteiger partial charge on any atom is -0.490 e. The summed E-state index contributed by atoms with van der Waals surface area (Å²) in [5.41, 5.74) is 2.03. The van der Waals surface area contributed by atoms with Crippen LogP contribution in [0.5, 0.6) is 5.75 Å². The highest BCUT2D eigenvalue weighted by atomic mass is 79.9. The Morgan fingerprint density at radius 1 is 0.846 bits per heavy atom. The molecule has 3 aromatic carbocycles. The predicted octanol–water partition coefficient (Wildman–Crippen LogP) is 6.74. The van der Waals surface area contributed by atoms with Crippen LogP contribution >= 0.6 is 31.9 Å². The van der Waals surface area contributed by atoms with Crippen molar-refractivity contribution in [2.45, 2.75) is 12.7 Å². The van der Waals surface area contributed by atoms with E-state index in [1.807, 2.05) is 59.2 Å². The van der Waals surface area contributed by atoms with Gasteiger partial charge in [0.15, 0.2) is 6.17 Å². The lowest BCUT2D eigenvalue weighted by Gasteiger charge is -2.13. The third-order valence-corrected chi connectivity index (χ3v) is 5.33. The van der Waals surface area contributed by atoms with Crippen molar-refractivity contribution in [1.82, 2.24) is 4.57 Å². The minimum atomic E-state index is -1.11. The molecule has 1 unspecified atom stereocenters. The van der Waals surface area contributed by atoms with Crippen molar-refractivity contribution in [2.24, 2.45) is 0 Å². The average molecular weight is 477 g/mol. The van der Waals surface area contributed by atoms with Gasteiger partial charge in [0.1, 0.15) is 12.4 Å². The number of aromatic nitrogens is 1. The summed E-state index contributed by atoms with van der Waals surface area (Å²) >= 11 is 7.06. The second-order valence-electron chi connectivity index (χ2n) is 6.15. The Labute approximate surface area is 167 Å². The van der Waals surface area contributed by atoms with Crippen LogP contribution in [0.4, 0.5) is 4.39 Å². The lowest BCUT2D eigenvalue weighted by atomic mass is 10.2. The van der Waals surface area contributed by atoms with Crippen LogP contribution in [0.3, 0.4) is 0 Å². The molecule has 0 radical (unpaired) electrons. The molecule has 0 saturated carbocycles. The molecule has 0 bridgehead atoms. The predicted molar refractivity (Wildman–Crippen MR) is 112 cm³/mol. The maximum atomic E-state index is 14.7. The van der Waals surface area contributed by atoms with E-state index in [4.69, 9.17) is 4.74 Å². The normalized spacial score (nSPS) is 12.6. The molecule has 0 aliphatic rings. The molecule has 0 saturated heterocycles. The van der Waals surface area contributed by atoms with Crippen molar-refractivity contribution < 1.29 is 9.13 Å². The van der Waals surface area contributed by atoms with Crippen LogP contribution in [0.25, 0.3) is 21.8 Å². The Balaban J connectivity index is 1.66. The standard InChI is InChI=1S/C21H16Br2FNO/c22-14-6-8-20-18(10-14)19-11-15(23)7-9-21(19)25(20)12-16(24)13-26-17-4-2-1-3-5-17/h1-11,16H,12-13H2. The molecule has 132 valence electrons. The smallest absolute Gasteiger partial charge is 0.152 e. The molecular weight excluding hydrogens is 461 g/mol. The number of hydrogen-bond donors (Lipinski definition) is 0. The molecule has 4 rings (SSSR count). The maximum absolute atomic E-state index is 14.7. The fraction of sp³-hybridized carbons (Fsp3) is 0.143.